The molecule has 4 nitrogen and oxygen atoms in total. The maximum atomic E-state index is 12.7. The summed E-state index contributed by atoms with van der Waals surface area (Å²) in [6, 6.07) is 12.5. The highest BCUT2D eigenvalue weighted by atomic mass is 35.5. The summed E-state index contributed by atoms with van der Waals surface area (Å²) in [5.74, 6) is -1.48. The summed E-state index contributed by atoms with van der Waals surface area (Å²) in [6.07, 6.45) is 3.69. The molecule has 0 aromatic heterocycles. The SMILES string of the molecule is CCCC(CCC)NC(=O)c1ccc(-c2ccccc2)c(C(=O)O)c1Cl. The fraction of sp³-hybridized carbons (Fsp3) is 0.333. The molecule has 2 aromatic carbocycles. The summed E-state index contributed by atoms with van der Waals surface area (Å²) < 4.78 is 0. The number of aromatic carboxylic acids is 1. The second-order valence-electron chi connectivity index (χ2n) is 6.27. The van der Waals surface area contributed by atoms with Gasteiger partial charge in [-0.25, -0.2) is 4.79 Å². The van der Waals surface area contributed by atoms with Gasteiger partial charge in [-0.05, 0) is 30.0 Å². The van der Waals surface area contributed by atoms with Crippen molar-refractivity contribution in [3.8, 4) is 11.1 Å². The molecule has 0 unspecified atom stereocenters. The van der Waals surface area contributed by atoms with E-state index in [1.54, 1.807) is 12.1 Å². The van der Waals surface area contributed by atoms with Gasteiger partial charge in [-0.1, -0.05) is 74.7 Å². The van der Waals surface area contributed by atoms with Gasteiger partial charge in [-0.2, -0.15) is 0 Å². The molecule has 5 heteroatoms. The number of carbonyl (C=O) groups is 2. The molecule has 0 atom stereocenters. The zero-order valence-corrected chi connectivity index (χ0v) is 15.8. The first kappa shape index (κ1) is 20.0. The van der Waals surface area contributed by atoms with Crippen molar-refractivity contribution in [1.82, 2.24) is 5.32 Å². The Labute approximate surface area is 159 Å². The number of benzene rings is 2. The Morgan fingerprint density at radius 1 is 1.04 bits per heavy atom. The van der Waals surface area contributed by atoms with Crippen molar-refractivity contribution in [2.45, 2.75) is 45.6 Å². The molecule has 0 aliphatic rings. The van der Waals surface area contributed by atoms with E-state index in [-0.39, 0.29) is 28.1 Å². The topological polar surface area (TPSA) is 66.4 Å². The van der Waals surface area contributed by atoms with E-state index >= 15 is 0 Å². The van der Waals surface area contributed by atoms with Crippen LogP contribution in [0.25, 0.3) is 11.1 Å². The minimum absolute atomic E-state index is 0.0249. The third-order valence-corrected chi connectivity index (χ3v) is 4.69. The molecule has 0 aliphatic carbocycles. The van der Waals surface area contributed by atoms with Crippen LogP contribution in [0.3, 0.4) is 0 Å². The Morgan fingerprint density at radius 3 is 2.19 bits per heavy atom. The van der Waals surface area contributed by atoms with Gasteiger partial charge in [0.15, 0.2) is 0 Å². The lowest BCUT2D eigenvalue weighted by atomic mass is 9.96. The summed E-state index contributed by atoms with van der Waals surface area (Å²) in [4.78, 5) is 24.5. The zero-order chi connectivity index (χ0) is 19.1. The van der Waals surface area contributed by atoms with Crippen LogP contribution in [-0.2, 0) is 0 Å². The van der Waals surface area contributed by atoms with Crippen LogP contribution in [0.15, 0.2) is 42.5 Å². The molecule has 0 saturated heterocycles. The molecule has 0 saturated carbocycles. The van der Waals surface area contributed by atoms with Crippen molar-refractivity contribution >= 4 is 23.5 Å². The molecule has 0 fully saturated rings. The van der Waals surface area contributed by atoms with E-state index in [1.807, 2.05) is 30.3 Å². The highest BCUT2D eigenvalue weighted by molar-refractivity contribution is 6.37. The third kappa shape index (κ3) is 4.64. The highest BCUT2D eigenvalue weighted by Crippen LogP contribution is 2.32. The summed E-state index contributed by atoms with van der Waals surface area (Å²) in [7, 11) is 0. The van der Waals surface area contributed by atoms with Crippen molar-refractivity contribution in [2.24, 2.45) is 0 Å². The molecule has 26 heavy (non-hydrogen) atoms. The molecule has 138 valence electrons. The van der Waals surface area contributed by atoms with Crippen LogP contribution in [0.2, 0.25) is 5.02 Å². The number of hydrogen-bond donors (Lipinski definition) is 2. The summed E-state index contributed by atoms with van der Waals surface area (Å²) in [5.41, 5.74) is 1.39. The first-order chi connectivity index (χ1) is 12.5. The van der Waals surface area contributed by atoms with Crippen LogP contribution in [0, 0.1) is 0 Å². The molecule has 0 heterocycles. The predicted octanol–water partition coefficient (Wildman–Crippen LogP) is 5.40. The lowest BCUT2D eigenvalue weighted by Crippen LogP contribution is -2.35. The second-order valence-corrected chi connectivity index (χ2v) is 6.65. The fourth-order valence-electron chi connectivity index (χ4n) is 3.07. The van der Waals surface area contributed by atoms with E-state index in [2.05, 4.69) is 19.2 Å². The van der Waals surface area contributed by atoms with Gasteiger partial charge in [0, 0.05) is 6.04 Å². The molecule has 0 spiro atoms. The third-order valence-electron chi connectivity index (χ3n) is 4.29. The van der Waals surface area contributed by atoms with E-state index in [1.165, 1.54) is 0 Å². The van der Waals surface area contributed by atoms with Crippen LogP contribution in [0.1, 0.15) is 60.2 Å². The predicted molar refractivity (Wildman–Crippen MR) is 105 cm³/mol. The number of nitrogens with one attached hydrogen (secondary N) is 1. The standard InChI is InChI=1S/C21H24ClNO3/c1-3-8-15(9-4-2)23-20(24)17-13-12-16(14-10-6-5-7-11-14)18(19(17)22)21(25)26/h5-7,10-13,15H,3-4,8-9H2,1-2H3,(H,23,24)(H,25,26). The fourth-order valence-corrected chi connectivity index (χ4v) is 3.40. The Kier molecular flexibility index (Phi) is 7.22. The normalized spacial score (nSPS) is 10.8. The molecular weight excluding hydrogens is 350 g/mol. The average Bonchev–Trinajstić information content (AvgIpc) is 2.62. The van der Waals surface area contributed by atoms with Crippen molar-refractivity contribution in [3.63, 3.8) is 0 Å². The molecule has 0 radical (unpaired) electrons. The Hall–Kier alpha value is -2.33. The minimum atomic E-state index is -1.15. The smallest absolute Gasteiger partial charge is 0.337 e. The van der Waals surface area contributed by atoms with E-state index in [0.29, 0.717) is 5.56 Å². The van der Waals surface area contributed by atoms with Gasteiger partial charge >= 0.3 is 5.97 Å². The van der Waals surface area contributed by atoms with Gasteiger partial charge in [0.1, 0.15) is 0 Å². The number of amides is 1. The van der Waals surface area contributed by atoms with Crippen LogP contribution < -0.4 is 5.32 Å². The van der Waals surface area contributed by atoms with Crippen molar-refractivity contribution in [1.29, 1.82) is 0 Å². The number of carbonyl (C=O) groups excluding carboxylic acids is 1. The van der Waals surface area contributed by atoms with Crippen LogP contribution in [0.4, 0.5) is 0 Å². The monoisotopic (exact) mass is 373 g/mol. The minimum Gasteiger partial charge on any atom is -0.478 e. The number of carboxylic acid groups (broad SMARTS) is 1. The summed E-state index contributed by atoms with van der Waals surface area (Å²) in [6.45, 7) is 4.14. The zero-order valence-electron chi connectivity index (χ0n) is 15.1. The largest absolute Gasteiger partial charge is 0.478 e. The van der Waals surface area contributed by atoms with E-state index in [4.69, 9.17) is 11.6 Å². The molecule has 2 aromatic rings. The van der Waals surface area contributed by atoms with Gasteiger partial charge in [0.2, 0.25) is 0 Å². The highest BCUT2D eigenvalue weighted by Gasteiger charge is 2.23. The lowest BCUT2D eigenvalue weighted by Gasteiger charge is -2.19. The van der Waals surface area contributed by atoms with Crippen molar-refractivity contribution < 1.29 is 14.7 Å². The van der Waals surface area contributed by atoms with Gasteiger partial charge in [0.05, 0.1) is 16.1 Å². The van der Waals surface area contributed by atoms with Gasteiger partial charge in [-0.15, -0.1) is 0 Å². The molecular formula is C21H24ClNO3. The van der Waals surface area contributed by atoms with Crippen molar-refractivity contribution in [2.75, 3.05) is 0 Å². The quantitative estimate of drug-likeness (QED) is 0.650. The van der Waals surface area contributed by atoms with Gasteiger partial charge in [-0.3, -0.25) is 4.79 Å². The second kappa shape index (κ2) is 9.39. The van der Waals surface area contributed by atoms with Crippen LogP contribution in [0.5, 0.6) is 0 Å². The number of hydrogen-bond acceptors (Lipinski definition) is 2. The maximum absolute atomic E-state index is 12.7. The average molecular weight is 374 g/mol. The van der Waals surface area contributed by atoms with E-state index < -0.39 is 5.97 Å². The maximum Gasteiger partial charge on any atom is 0.337 e. The number of rotatable bonds is 8. The molecule has 2 rings (SSSR count). The Morgan fingerprint density at radius 2 is 1.65 bits per heavy atom. The first-order valence-corrected chi connectivity index (χ1v) is 9.29. The molecule has 0 bridgehead atoms. The molecule has 2 N–H and O–H groups in total. The Balaban J connectivity index is 2.40. The van der Waals surface area contributed by atoms with E-state index in [9.17, 15) is 14.7 Å². The van der Waals surface area contributed by atoms with Crippen molar-refractivity contribution in [3.05, 3.63) is 58.6 Å². The summed E-state index contributed by atoms with van der Waals surface area (Å²) >= 11 is 6.35. The lowest BCUT2D eigenvalue weighted by molar-refractivity contribution is 0.0698. The Bertz CT molecular complexity index is 768. The van der Waals surface area contributed by atoms with Crippen LogP contribution in [-0.4, -0.2) is 23.0 Å². The molecule has 0 aliphatic heterocycles. The van der Waals surface area contributed by atoms with Crippen LogP contribution >= 0.6 is 11.6 Å². The van der Waals surface area contributed by atoms with Gasteiger partial charge < -0.3 is 10.4 Å². The number of carboxylic acids is 1. The first-order valence-electron chi connectivity index (χ1n) is 8.91. The summed E-state index contributed by atoms with van der Waals surface area (Å²) in [5, 5.41) is 12.6. The van der Waals surface area contributed by atoms with E-state index in [0.717, 1.165) is 31.2 Å². The molecule has 1 amide bonds. The van der Waals surface area contributed by atoms with Gasteiger partial charge in [0.25, 0.3) is 5.91 Å². The number of halogens is 1.